The summed E-state index contributed by atoms with van der Waals surface area (Å²) in [5.41, 5.74) is 22.5. The minimum Gasteiger partial charge on any atom is -0.545 e. The second-order valence-corrected chi connectivity index (χ2v) is 25.0. The van der Waals surface area contributed by atoms with Crippen LogP contribution in [0, 0.1) is 55.4 Å². The molecule has 10 nitrogen and oxygen atoms in total. The number of carboxylic acid groups (broad SMARTS) is 4. The average Bonchev–Trinajstić information content (AvgIpc) is 0.810. The Morgan fingerprint density at radius 3 is 0.396 bits per heavy atom. The van der Waals surface area contributed by atoms with Crippen molar-refractivity contribution in [3.05, 3.63) is 395 Å². The molecule has 0 saturated carbocycles. The van der Waals surface area contributed by atoms with E-state index in [0.29, 0.717) is 44.5 Å². The van der Waals surface area contributed by atoms with Gasteiger partial charge in [-0.2, -0.15) is 0 Å². The third kappa shape index (κ3) is 22.4. The molecule has 106 heavy (non-hydrogen) atoms. The largest absolute Gasteiger partial charge is 2.00 e. The second-order valence-electron chi connectivity index (χ2n) is 25.0. The minimum atomic E-state index is -1.16. The molecule has 0 N–H and O–H groups in total. The molecule has 12 aromatic carbocycles. The van der Waals surface area contributed by atoms with Gasteiger partial charge in [0.05, 0.1) is 23.9 Å². The van der Waals surface area contributed by atoms with Crippen molar-refractivity contribution in [3.8, 4) is 89.0 Å². The number of hydrogen-bond donors (Lipinski definition) is 0. The van der Waals surface area contributed by atoms with E-state index in [4.69, 9.17) is 0 Å². The number of benzene rings is 12. The van der Waals surface area contributed by atoms with Crippen LogP contribution in [0.25, 0.3) is 89.0 Å². The number of carbonyl (C=O) groups is 4. The molecule has 528 valence electrons. The molecule has 0 radical (unpaired) electrons. The van der Waals surface area contributed by atoms with Gasteiger partial charge in [0.25, 0.3) is 0 Å². The second kappa shape index (κ2) is 40.1. The smallest absolute Gasteiger partial charge is 0.545 e. The molecule has 0 aliphatic rings. The van der Waals surface area contributed by atoms with Crippen molar-refractivity contribution in [2.24, 2.45) is 0 Å². The number of hydrogen-bond acceptors (Lipinski definition) is 10. The topological polar surface area (TPSA) is 186 Å². The van der Waals surface area contributed by atoms with Gasteiger partial charge in [-0.05, 0) is 169 Å². The van der Waals surface area contributed by atoms with E-state index in [1.807, 2.05) is 359 Å². The summed E-state index contributed by atoms with van der Waals surface area (Å²) in [5.74, 6) is -4.62. The molecule has 2 heterocycles. The van der Waals surface area contributed by atoms with Crippen LogP contribution in [0.1, 0.15) is 85.9 Å². The molecule has 0 unspecified atom stereocenters. The third-order valence-electron chi connectivity index (χ3n) is 17.1. The molecule has 0 amide bonds. The van der Waals surface area contributed by atoms with Gasteiger partial charge in [0.1, 0.15) is 0 Å². The standard InChI is InChI=1S/4C21H18O2.2C5H5N.2Fe/c4*1-14-6-10-16(11-7-14)18-4-3-5-19(20(18)21(22)23)17-12-8-15(2)9-13-17;2*1-2-4-6-5-3-1;;/h4*3-13H,1-2H3,(H,22,23);2*1-5H;;/q;;;;;;2*+2/p-4. The minimum absolute atomic E-state index is 0. The zero-order valence-corrected chi connectivity index (χ0v) is 62.3. The molecule has 0 saturated heterocycles. The number of aromatic carboxylic acids is 4. The van der Waals surface area contributed by atoms with Gasteiger partial charge in [-0.1, -0.05) is 324 Å². The van der Waals surface area contributed by atoms with Crippen LogP contribution in [-0.4, -0.2) is 33.8 Å². The zero-order chi connectivity index (χ0) is 74.1. The van der Waals surface area contributed by atoms with E-state index >= 15 is 0 Å². The summed E-state index contributed by atoms with van der Waals surface area (Å²) in [6.45, 7) is 16.0. The van der Waals surface area contributed by atoms with Crippen molar-refractivity contribution in [1.29, 1.82) is 0 Å². The summed E-state index contributed by atoms with van der Waals surface area (Å²) in [6, 6.07) is 96.3. The molecule has 12 heteroatoms. The molecular formula is C94H78Fe2N2O8. The zero-order valence-electron chi connectivity index (χ0n) is 60.0. The van der Waals surface area contributed by atoms with Gasteiger partial charge >= 0.3 is 34.1 Å². The maximum atomic E-state index is 11.8. The summed E-state index contributed by atoms with van der Waals surface area (Å²) < 4.78 is 0. The fourth-order valence-electron chi connectivity index (χ4n) is 11.5. The molecular weight excluding hydrogens is 1400 g/mol. The molecule has 0 atom stereocenters. The fraction of sp³-hybridized carbons (Fsp3) is 0.0851. The van der Waals surface area contributed by atoms with Crippen molar-refractivity contribution >= 4 is 23.9 Å². The van der Waals surface area contributed by atoms with E-state index < -0.39 is 23.9 Å². The average molecular weight is 1480 g/mol. The monoisotopic (exact) mass is 1470 g/mol. The molecule has 0 spiro atoms. The molecule has 2 aromatic heterocycles. The van der Waals surface area contributed by atoms with Crippen LogP contribution < -0.4 is 20.4 Å². The van der Waals surface area contributed by atoms with E-state index in [0.717, 1.165) is 89.0 Å². The van der Waals surface area contributed by atoms with Crippen LogP contribution >= 0.6 is 0 Å². The number of aromatic nitrogens is 2. The van der Waals surface area contributed by atoms with Gasteiger partial charge in [0.2, 0.25) is 0 Å². The number of nitrogens with zero attached hydrogens (tertiary/aromatic N) is 2. The van der Waals surface area contributed by atoms with Crippen molar-refractivity contribution in [2.45, 2.75) is 55.4 Å². The maximum absolute atomic E-state index is 11.8. The Morgan fingerprint density at radius 2 is 0.311 bits per heavy atom. The first kappa shape index (κ1) is 81.2. The molecule has 14 aromatic rings. The Bertz CT molecular complexity index is 4220. The number of carboxylic acids is 4. The molecule has 0 bridgehead atoms. The number of rotatable bonds is 12. The number of carbonyl (C=O) groups excluding carboxylic acids is 4. The van der Waals surface area contributed by atoms with Crippen molar-refractivity contribution in [2.75, 3.05) is 0 Å². The summed E-state index contributed by atoms with van der Waals surface area (Å²) in [5, 5.41) is 47.2. The van der Waals surface area contributed by atoms with Crippen LogP contribution in [0.4, 0.5) is 0 Å². The van der Waals surface area contributed by atoms with Crippen LogP contribution in [0.15, 0.2) is 328 Å². The van der Waals surface area contributed by atoms with Gasteiger partial charge in [-0.3, -0.25) is 9.97 Å². The third-order valence-corrected chi connectivity index (χ3v) is 17.1. The first-order valence-corrected chi connectivity index (χ1v) is 33.9. The Morgan fingerprint density at radius 1 is 0.189 bits per heavy atom. The van der Waals surface area contributed by atoms with Gasteiger partial charge in [-0.15, -0.1) is 0 Å². The van der Waals surface area contributed by atoms with Crippen molar-refractivity contribution < 1.29 is 73.7 Å². The first-order chi connectivity index (χ1) is 50.2. The molecule has 0 aliphatic heterocycles. The quantitative estimate of drug-likeness (QED) is 0.107. The van der Waals surface area contributed by atoms with Crippen LogP contribution in [0.5, 0.6) is 0 Å². The normalized spacial score (nSPS) is 10.0. The van der Waals surface area contributed by atoms with Gasteiger partial charge in [-0.25, -0.2) is 0 Å². The summed E-state index contributed by atoms with van der Waals surface area (Å²) in [7, 11) is 0. The fourth-order valence-corrected chi connectivity index (χ4v) is 11.5. The molecule has 14 rings (SSSR count). The molecule has 0 aliphatic carbocycles. The Labute approximate surface area is 642 Å². The summed E-state index contributed by atoms with van der Waals surface area (Å²) in [4.78, 5) is 54.8. The summed E-state index contributed by atoms with van der Waals surface area (Å²) >= 11 is 0. The number of pyridine rings is 2. The van der Waals surface area contributed by atoms with E-state index in [2.05, 4.69) is 9.97 Å². The van der Waals surface area contributed by atoms with E-state index in [-0.39, 0.29) is 56.4 Å². The van der Waals surface area contributed by atoms with Gasteiger partial charge < -0.3 is 39.6 Å². The van der Waals surface area contributed by atoms with Crippen LogP contribution in [0.2, 0.25) is 0 Å². The van der Waals surface area contributed by atoms with Crippen LogP contribution in [-0.2, 0) is 34.1 Å². The van der Waals surface area contributed by atoms with Crippen LogP contribution in [0.3, 0.4) is 0 Å². The van der Waals surface area contributed by atoms with E-state index in [1.165, 1.54) is 0 Å². The predicted octanol–water partition coefficient (Wildman–Crippen LogP) is 18.2. The number of aryl methyl sites for hydroxylation is 8. The van der Waals surface area contributed by atoms with E-state index in [9.17, 15) is 39.6 Å². The maximum Gasteiger partial charge on any atom is 2.00 e. The van der Waals surface area contributed by atoms with E-state index in [1.54, 1.807) is 24.8 Å². The molecule has 0 fully saturated rings. The first-order valence-electron chi connectivity index (χ1n) is 33.9. The Kier molecular flexibility index (Phi) is 30.7. The van der Waals surface area contributed by atoms with Crippen molar-refractivity contribution in [3.63, 3.8) is 0 Å². The van der Waals surface area contributed by atoms with Gasteiger partial charge in [0, 0.05) is 47.0 Å². The Hall–Kier alpha value is -12.1. The SMILES string of the molecule is Cc1ccc(-c2cccc(-c3ccc(C)cc3)c2C(=O)[O-])cc1.Cc1ccc(-c2cccc(-c3ccc(C)cc3)c2C(=O)[O-])cc1.Cc1ccc(-c2cccc(-c3ccc(C)cc3)c2C(=O)[O-])cc1.Cc1ccc(-c2cccc(-c3ccc(C)cc3)c2C(=O)[O-])cc1.[Fe+2].[Fe+2].c1ccncc1.c1ccncc1. The predicted molar refractivity (Wildman–Crippen MR) is 413 cm³/mol. The summed E-state index contributed by atoms with van der Waals surface area (Å²) in [6.07, 6.45) is 7.00. The van der Waals surface area contributed by atoms with Gasteiger partial charge in [0.15, 0.2) is 0 Å². The van der Waals surface area contributed by atoms with Crippen molar-refractivity contribution in [1.82, 2.24) is 9.97 Å². The Balaban J connectivity index is 0.000000185.